The molecular weight excluding hydrogens is 408 g/mol. The van der Waals surface area contributed by atoms with Crippen LogP contribution in [0.15, 0.2) is 69.3 Å². The molecule has 2 aromatic rings. The number of rotatable bonds is 3. The molecule has 0 spiro atoms. The van der Waals surface area contributed by atoms with Gasteiger partial charge < -0.3 is 5.32 Å². The lowest BCUT2D eigenvalue weighted by Crippen LogP contribution is -2.51. The molecule has 2 atom stereocenters. The lowest BCUT2D eigenvalue weighted by molar-refractivity contribution is -0.119. The Kier molecular flexibility index (Phi) is 4.93. The van der Waals surface area contributed by atoms with Gasteiger partial charge in [0.2, 0.25) is 0 Å². The van der Waals surface area contributed by atoms with E-state index in [-0.39, 0.29) is 17.4 Å². The molecule has 1 N–H and O–H groups in total. The Hall–Kier alpha value is -3.08. The van der Waals surface area contributed by atoms with E-state index < -0.39 is 5.41 Å². The number of carbonyl (C=O) groups is 1. The van der Waals surface area contributed by atoms with Crippen molar-refractivity contribution in [2.75, 3.05) is 0 Å². The molecule has 33 heavy (non-hydrogen) atoms. The first-order chi connectivity index (χ1) is 15.7. The van der Waals surface area contributed by atoms with E-state index in [4.69, 9.17) is 0 Å². The van der Waals surface area contributed by atoms with E-state index in [1.165, 1.54) is 5.56 Å². The van der Waals surface area contributed by atoms with Crippen molar-refractivity contribution in [1.82, 2.24) is 10.3 Å². The van der Waals surface area contributed by atoms with Crippen LogP contribution in [0.4, 0.5) is 0 Å². The first-order valence-corrected chi connectivity index (χ1v) is 11.9. The topological polar surface area (TPSA) is 66.7 Å². The molecule has 2 unspecified atom stereocenters. The fraction of sp³-hybridized carbons (Fsp3) is 0.429. The number of hydrogen-bond acceptors (Lipinski definition) is 5. The number of ketones is 1. The van der Waals surface area contributed by atoms with Gasteiger partial charge in [-0.2, -0.15) is 10.2 Å². The fourth-order valence-corrected chi connectivity index (χ4v) is 6.10. The van der Waals surface area contributed by atoms with Crippen LogP contribution in [0.25, 0.3) is 11.1 Å². The highest BCUT2D eigenvalue weighted by atomic mass is 16.1. The van der Waals surface area contributed by atoms with Crippen LogP contribution in [-0.2, 0) is 10.2 Å². The summed E-state index contributed by atoms with van der Waals surface area (Å²) in [5, 5.41) is 12.6. The van der Waals surface area contributed by atoms with E-state index in [9.17, 15) is 4.79 Å². The minimum absolute atomic E-state index is 0.0675. The van der Waals surface area contributed by atoms with Gasteiger partial charge in [0.05, 0.1) is 11.1 Å². The maximum atomic E-state index is 13.8. The Labute approximate surface area is 196 Å². The van der Waals surface area contributed by atoms with E-state index in [2.05, 4.69) is 78.6 Å². The van der Waals surface area contributed by atoms with E-state index in [1.807, 2.05) is 20.0 Å². The summed E-state index contributed by atoms with van der Waals surface area (Å²) in [6.07, 6.45) is 3.91. The number of aromatic nitrogens is 1. The number of allylic oxidation sites excluding steroid dienone is 3. The maximum Gasteiger partial charge on any atom is 0.165 e. The molecule has 2 aliphatic heterocycles. The summed E-state index contributed by atoms with van der Waals surface area (Å²) in [4.78, 5) is 18.2. The van der Waals surface area contributed by atoms with Gasteiger partial charge in [-0.3, -0.25) is 9.78 Å². The molecular formula is C28H32N4O. The van der Waals surface area contributed by atoms with E-state index in [1.54, 1.807) is 0 Å². The van der Waals surface area contributed by atoms with Crippen LogP contribution in [-0.4, -0.2) is 16.9 Å². The van der Waals surface area contributed by atoms with E-state index >= 15 is 0 Å². The number of aryl methyl sites for hydroxylation is 2. The zero-order valence-corrected chi connectivity index (χ0v) is 20.4. The van der Waals surface area contributed by atoms with Crippen molar-refractivity contribution in [2.24, 2.45) is 15.6 Å². The number of carbonyl (C=O) groups excluding carboxylic acids is 1. The third-order valence-corrected chi connectivity index (χ3v) is 7.50. The van der Waals surface area contributed by atoms with Gasteiger partial charge >= 0.3 is 0 Å². The number of Topliss-reactive ketones (excluding diaryl/α,β-unsaturated/α-hetero) is 1. The quantitative estimate of drug-likeness (QED) is 0.607. The highest BCUT2D eigenvalue weighted by Crippen LogP contribution is 2.55. The third-order valence-electron chi connectivity index (χ3n) is 7.50. The lowest BCUT2D eigenvalue weighted by atomic mass is 9.58. The lowest BCUT2D eigenvalue weighted by Gasteiger charge is -2.48. The van der Waals surface area contributed by atoms with E-state index in [0.29, 0.717) is 6.42 Å². The molecule has 5 heteroatoms. The molecule has 1 aromatic heterocycles. The predicted octanol–water partition coefficient (Wildman–Crippen LogP) is 6.33. The summed E-state index contributed by atoms with van der Waals surface area (Å²) >= 11 is 0. The highest BCUT2D eigenvalue weighted by Gasteiger charge is 2.53. The van der Waals surface area contributed by atoms with Crippen molar-refractivity contribution in [3.63, 3.8) is 0 Å². The molecule has 0 saturated heterocycles. The van der Waals surface area contributed by atoms with Crippen LogP contribution >= 0.6 is 0 Å². The molecule has 0 amide bonds. The molecule has 0 radical (unpaired) electrons. The Balaban J connectivity index is 1.78. The first kappa shape index (κ1) is 21.7. The van der Waals surface area contributed by atoms with Gasteiger partial charge in [-0.1, -0.05) is 39.0 Å². The standard InChI is InChI=1S/C28H32N4O/c1-7-28(20-10-8-9-19(12-20)21-11-17(3)29-15-16(21)2)24-18(4)31-32-26(24)30-22-13-27(5,6)14-23(33)25(22)28/h8-12,15,26,30H,7,13-14H2,1-6H3. The number of nitrogens with zero attached hydrogens (tertiary/aromatic N) is 3. The number of azo groups is 1. The van der Waals surface area contributed by atoms with Crippen LogP contribution < -0.4 is 5.32 Å². The zero-order valence-electron chi connectivity index (χ0n) is 20.4. The summed E-state index contributed by atoms with van der Waals surface area (Å²) in [5.41, 5.74) is 9.01. The Morgan fingerprint density at radius 1 is 1.12 bits per heavy atom. The minimum atomic E-state index is -0.529. The molecule has 1 aromatic carbocycles. The molecule has 170 valence electrons. The number of hydrogen-bond donors (Lipinski definition) is 1. The van der Waals surface area contributed by atoms with Gasteiger partial charge in [0.25, 0.3) is 0 Å². The molecule has 5 rings (SSSR count). The van der Waals surface area contributed by atoms with Crippen molar-refractivity contribution in [2.45, 2.75) is 72.4 Å². The zero-order chi connectivity index (χ0) is 23.5. The number of pyridine rings is 1. The maximum absolute atomic E-state index is 13.8. The van der Waals surface area contributed by atoms with Crippen LogP contribution in [0.2, 0.25) is 0 Å². The van der Waals surface area contributed by atoms with Crippen LogP contribution in [0.1, 0.15) is 63.8 Å². The average molecular weight is 441 g/mol. The molecule has 3 heterocycles. The molecule has 0 saturated carbocycles. The van der Waals surface area contributed by atoms with Crippen molar-refractivity contribution >= 4 is 5.78 Å². The van der Waals surface area contributed by atoms with Gasteiger partial charge in [-0.15, -0.1) is 0 Å². The van der Waals surface area contributed by atoms with Crippen LogP contribution in [0.3, 0.4) is 0 Å². The van der Waals surface area contributed by atoms with Gasteiger partial charge in [-0.05, 0) is 73.4 Å². The third kappa shape index (κ3) is 3.28. The summed E-state index contributed by atoms with van der Waals surface area (Å²) in [5.74, 6) is 0.239. The molecule has 3 aliphatic rings. The molecule has 0 fully saturated rings. The smallest absolute Gasteiger partial charge is 0.165 e. The second-order valence-corrected chi connectivity index (χ2v) is 10.5. The second kappa shape index (κ2) is 7.47. The van der Waals surface area contributed by atoms with Gasteiger partial charge in [-0.25, -0.2) is 0 Å². The average Bonchev–Trinajstić information content (AvgIpc) is 3.14. The van der Waals surface area contributed by atoms with Crippen molar-refractivity contribution < 1.29 is 4.79 Å². The summed E-state index contributed by atoms with van der Waals surface area (Å²) in [6.45, 7) is 12.7. The van der Waals surface area contributed by atoms with Crippen molar-refractivity contribution in [3.8, 4) is 11.1 Å². The summed E-state index contributed by atoms with van der Waals surface area (Å²) in [7, 11) is 0. The highest BCUT2D eigenvalue weighted by molar-refractivity contribution is 6.01. The minimum Gasteiger partial charge on any atom is -0.362 e. The predicted molar refractivity (Wildman–Crippen MR) is 131 cm³/mol. The summed E-state index contributed by atoms with van der Waals surface area (Å²) in [6, 6.07) is 10.9. The first-order valence-electron chi connectivity index (χ1n) is 11.9. The molecule has 1 aliphatic carbocycles. The molecule has 5 nitrogen and oxygen atoms in total. The van der Waals surface area contributed by atoms with Gasteiger partial charge in [0.15, 0.2) is 11.9 Å². The van der Waals surface area contributed by atoms with Crippen molar-refractivity contribution in [3.05, 3.63) is 75.9 Å². The number of fused-ring (bicyclic) bond motifs is 1. The van der Waals surface area contributed by atoms with Crippen LogP contribution in [0.5, 0.6) is 0 Å². The second-order valence-electron chi connectivity index (χ2n) is 10.5. The summed E-state index contributed by atoms with van der Waals surface area (Å²) < 4.78 is 0. The van der Waals surface area contributed by atoms with Gasteiger partial charge in [0, 0.05) is 35.2 Å². The monoisotopic (exact) mass is 440 g/mol. The van der Waals surface area contributed by atoms with Crippen molar-refractivity contribution in [1.29, 1.82) is 0 Å². The Morgan fingerprint density at radius 2 is 1.91 bits per heavy atom. The molecule has 0 bridgehead atoms. The Morgan fingerprint density at radius 3 is 2.67 bits per heavy atom. The van der Waals surface area contributed by atoms with Crippen LogP contribution in [0, 0.1) is 19.3 Å². The SMILES string of the molecule is CCC1(c2cccc(-c3cc(C)ncc3C)c2)C2=C(CC(C)(C)CC2=O)NC2N=NC(C)=C21. The van der Waals surface area contributed by atoms with Gasteiger partial charge in [0.1, 0.15) is 0 Å². The van der Waals surface area contributed by atoms with E-state index in [0.717, 1.165) is 57.8 Å². The fourth-order valence-electron chi connectivity index (χ4n) is 6.10. The number of nitrogens with one attached hydrogen (secondary N) is 1. The number of benzene rings is 1. The normalized spacial score (nSPS) is 25.8. The largest absolute Gasteiger partial charge is 0.362 e. The Bertz CT molecular complexity index is 1270.